The summed E-state index contributed by atoms with van der Waals surface area (Å²) in [6.07, 6.45) is 2.42. The highest BCUT2D eigenvalue weighted by atomic mass is 35.5. The van der Waals surface area contributed by atoms with Crippen LogP contribution >= 0.6 is 23.2 Å². The number of halogens is 2. The van der Waals surface area contributed by atoms with Crippen molar-refractivity contribution in [3.8, 4) is 11.4 Å². The summed E-state index contributed by atoms with van der Waals surface area (Å²) in [6, 6.07) is 10.1. The Morgan fingerprint density at radius 3 is 2.50 bits per heavy atom. The molecule has 0 saturated carbocycles. The van der Waals surface area contributed by atoms with E-state index in [1.54, 1.807) is 6.07 Å². The van der Waals surface area contributed by atoms with Gasteiger partial charge in [0.25, 0.3) is 0 Å². The predicted molar refractivity (Wildman–Crippen MR) is 119 cm³/mol. The van der Waals surface area contributed by atoms with Gasteiger partial charge in [-0.2, -0.15) is 0 Å². The number of benzene rings is 2. The molecule has 3 aromatic rings. The Morgan fingerprint density at radius 2 is 1.82 bits per heavy atom. The van der Waals surface area contributed by atoms with E-state index in [2.05, 4.69) is 34.3 Å². The zero-order valence-electron chi connectivity index (χ0n) is 16.4. The standard InChI is InChI=1S/C22H26Cl2N4/c1-14-9-16(15-3-6-28(7-4-15)8-5-25-2)12-20-21(14)27-22(26-20)17-10-18(23)13-19(24)11-17/h9-13,15,25H,3-8H2,1-2H3,(H,26,27). The SMILES string of the molecule is CNCCN1CCC(c2cc(C)c3nc(-c4cc(Cl)cc(Cl)c4)[nH]c3c2)CC1. The van der Waals surface area contributed by atoms with Crippen molar-refractivity contribution in [1.29, 1.82) is 0 Å². The van der Waals surface area contributed by atoms with Crippen LogP contribution in [0.2, 0.25) is 10.0 Å². The van der Waals surface area contributed by atoms with Crippen LogP contribution in [-0.4, -0.2) is 48.1 Å². The van der Waals surface area contributed by atoms with E-state index < -0.39 is 0 Å². The third kappa shape index (κ3) is 4.20. The number of aromatic amines is 1. The lowest BCUT2D eigenvalue weighted by Gasteiger charge is -2.32. The monoisotopic (exact) mass is 416 g/mol. The number of aryl methyl sites for hydroxylation is 1. The van der Waals surface area contributed by atoms with Crippen LogP contribution in [0.5, 0.6) is 0 Å². The van der Waals surface area contributed by atoms with Gasteiger partial charge < -0.3 is 15.2 Å². The molecule has 0 radical (unpaired) electrons. The molecule has 28 heavy (non-hydrogen) atoms. The fourth-order valence-electron chi connectivity index (χ4n) is 4.14. The Kier molecular flexibility index (Phi) is 5.93. The first kappa shape index (κ1) is 19.7. The number of likely N-dealkylation sites (tertiary alicyclic amines) is 1. The lowest BCUT2D eigenvalue weighted by Crippen LogP contribution is -2.37. The molecule has 2 heterocycles. The molecule has 1 aliphatic heterocycles. The largest absolute Gasteiger partial charge is 0.338 e. The lowest BCUT2D eigenvalue weighted by atomic mass is 9.88. The van der Waals surface area contributed by atoms with Gasteiger partial charge in [-0.15, -0.1) is 0 Å². The van der Waals surface area contributed by atoms with Crippen molar-refractivity contribution in [1.82, 2.24) is 20.2 Å². The Labute approximate surface area is 176 Å². The molecule has 0 amide bonds. The smallest absolute Gasteiger partial charge is 0.138 e. The minimum Gasteiger partial charge on any atom is -0.338 e. The van der Waals surface area contributed by atoms with E-state index >= 15 is 0 Å². The van der Waals surface area contributed by atoms with Gasteiger partial charge in [0.1, 0.15) is 5.82 Å². The van der Waals surface area contributed by atoms with E-state index in [1.807, 2.05) is 19.2 Å². The Morgan fingerprint density at radius 1 is 1.11 bits per heavy atom. The van der Waals surface area contributed by atoms with E-state index in [1.165, 1.54) is 37.1 Å². The van der Waals surface area contributed by atoms with Crippen LogP contribution in [0, 0.1) is 6.92 Å². The minimum absolute atomic E-state index is 0.612. The molecule has 148 valence electrons. The van der Waals surface area contributed by atoms with E-state index in [9.17, 15) is 0 Å². The number of H-pyrrole nitrogens is 1. The van der Waals surface area contributed by atoms with Crippen LogP contribution in [0.3, 0.4) is 0 Å². The molecule has 4 nitrogen and oxygen atoms in total. The van der Waals surface area contributed by atoms with Gasteiger partial charge in [0.05, 0.1) is 11.0 Å². The average Bonchev–Trinajstić information content (AvgIpc) is 3.11. The molecule has 0 spiro atoms. The second-order valence-electron chi connectivity index (χ2n) is 7.70. The molecule has 1 saturated heterocycles. The first-order valence-corrected chi connectivity index (χ1v) is 10.6. The average molecular weight is 417 g/mol. The van der Waals surface area contributed by atoms with Crippen molar-refractivity contribution in [2.45, 2.75) is 25.7 Å². The highest BCUT2D eigenvalue weighted by molar-refractivity contribution is 6.35. The molecular weight excluding hydrogens is 391 g/mol. The topological polar surface area (TPSA) is 44.0 Å². The minimum atomic E-state index is 0.612. The quantitative estimate of drug-likeness (QED) is 0.597. The van der Waals surface area contributed by atoms with Crippen molar-refractivity contribution in [2.75, 3.05) is 33.2 Å². The highest BCUT2D eigenvalue weighted by Gasteiger charge is 2.21. The van der Waals surface area contributed by atoms with Crippen molar-refractivity contribution in [2.24, 2.45) is 0 Å². The maximum Gasteiger partial charge on any atom is 0.138 e. The van der Waals surface area contributed by atoms with Crippen LogP contribution < -0.4 is 5.32 Å². The number of nitrogens with one attached hydrogen (secondary N) is 2. The van der Waals surface area contributed by atoms with E-state index in [0.29, 0.717) is 16.0 Å². The highest BCUT2D eigenvalue weighted by Crippen LogP contribution is 2.33. The first-order chi connectivity index (χ1) is 13.5. The van der Waals surface area contributed by atoms with Gasteiger partial charge >= 0.3 is 0 Å². The summed E-state index contributed by atoms with van der Waals surface area (Å²) in [5.41, 5.74) is 5.63. The van der Waals surface area contributed by atoms with Crippen LogP contribution in [0.1, 0.15) is 29.9 Å². The van der Waals surface area contributed by atoms with Crippen molar-refractivity contribution >= 4 is 34.2 Å². The third-order valence-electron chi connectivity index (χ3n) is 5.67. The Bertz CT molecular complexity index is 954. The second kappa shape index (κ2) is 8.42. The summed E-state index contributed by atoms with van der Waals surface area (Å²) in [5.74, 6) is 1.42. The normalized spacial score (nSPS) is 16.1. The Balaban J connectivity index is 1.59. The van der Waals surface area contributed by atoms with Crippen molar-refractivity contribution in [3.05, 3.63) is 51.5 Å². The first-order valence-electron chi connectivity index (χ1n) is 9.87. The van der Waals surface area contributed by atoms with Gasteiger partial charge in [0, 0.05) is 28.7 Å². The summed E-state index contributed by atoms with van der Waals surface area (Å²) in [5, 5.41) is 4.47. The molecule has 4 rings (SSSR count). The molecule has 6 heteroatoms. The van der Waals surface area contributed by atoms with Crippen LogP contribution in [0.25, 0.3) is 22.4 Å². The van der Waals surface area contributed by atoms with Crippen LogP contribution in [0.15, 0.2) is 30.3 Å². The summed E-state index contributed by atoms with van der Waals surface area (Å²) >= 11 is 12.3. The molecular formula is C22H26Cl2N4. The molecule has 0 atom stereocenters. The molecule has 1 aromatic heterocycles. The molecule has 0 unspecified atom stereocenters. The number of aromatic nitrogens is 2. The lowest BCUT2D eigenvalue weighted by molar-refractivity contribution is 0.214. The third-order valence-corrected chi connectivity index (χ3v) is 6.11. The maximum absolute atomic E-state index is 6.17. The number of rotatable bonds is 5. The maximum atomic E-state index is 6.17. The summed E-state index contributed by atoms with van der Waals surface area (Å²) < 4.78 is 0. The molecule has 1 aliphatic rings. The van der Waals surface area contributed by atoms with Gasteiger partial charge in [-0.05, 0) is 81.2 Å². The molecule has 2 N–H and O–H groups in total. The fourth-order valence-corrected chi connectivity index (χ4v) is 4.67. The van der Waals surface area contributed by atoms with E-state index in [4.69, 9.17) is 28.2 Å². The Hall–Kier alpha value is -1.59. The van der Waals surface area contributed by atoms with Crippen LogP contribution in [-0.2, 0) is 0 Å². The number of hydrogen-bond donors (Lipinski definition) is 2. The predicted octanol–water partition coefficient (Wildman–Crippen LogP) is 5.24. The number of imidazole rings is 1. The zero-order chi connectivity index (χ0) is 19.7. The van der Waals surface area contributed by atoms with Gasteiger partial charge in [0.15, 0.2) is 0 Å². The van der Waals surface area contributed by atoms with Gasteiger partial charge in [-0.1, -0.05) is 29.3 Å². The van der Waals surface area contributed by atoms with Gasteiger partial charge in [-0.25, -0.2) is 4.98 Å². The number of likely N-dealkylation sites (N-methyl/N-ethyl adjacent to an activating group) is 1. The van der Waals surface area contributed by atoms with Gasteiger partial charge in [0.2, 0.25) is 0 Å². The van der Waals surface area contributed by atoms with Crippen molar-refractivity contribution < 1.29 is 0 Å². The zero-order valence-corrected chi connectivity index (χ0v) is 17.9. The van der Waals surface area contributed by atoms with Crippen molar-refractivity contribution in [3.63, 3.8) is 0 Å². The molecule has 2 aromatic carbocycles. The summed E-state index contributed by atoms with van der Waals surface area (Å²) in [7, 11) is 2.01. The number of piperidine rings is 1. The number of hydrogen-bond acceptors (Lipinski definition) is 3. The van der Waals surface area contributed by atoms with E-state index in [-0.39, 0.29) is 0 Å². The van der Waals surface area contributed by atoms with Gasteiger partial charge in [-0.3, -0.25) is 0 Å². The van der Waals surface area contributed by atoms with E-state index in [0.717, 1.165) is 35.5 Å². The van der Waals surface area contributed by atoms with Crippen LogP contribution in [0.4, 0.5) is 0 Å². The number of fused-ring (bicyclic) bond motifs is 1. The fraction of sp³-hybridized carbons (Fsp3) is 0.409. The summed E-state index contributed by atoms with van der Waals surface area (Å²) in [6.45, 7) is 6.66. The molecule has 0 bridgehead atoms. The molecule has 0 aliphatic carbocycles. The second-order valence-corrected chi connectivity index (χ2v) is 8.57. The summed E-state index contributed by atoms with van der Waals surface area (Å²) in [4.78, 5) is 10.8. The molecule has 1 fully saturated rings. The number of nitrogens with zero attached hydrogens (tertiary/aromatic N) is 2.